The lowest BCUT2D eigenvalue weighted by Gasteiger charge is -2.10. The van der Waals surface area contributed by atoms with Crippen LogP contribution in [0.1, 0.15) is 25.8 Å². The Morgan fingerprint density at radius 1 is 1.31 bits per heavy atom. The predicted molar refractivity (Wildman–Crippen MR) is 64.0 cm³/mol. The Morgan fingerprint density at radius 3 is 2.62 bits per heavy atom. The number of para-hydroxylation sites is 1. The average molecular weight is 210 g/mol. The monoisotopic (exact) mass is 210 g/mol. The minimum Gasteiger partial charge on any atom is -0.361 e. The first-order chi connectivity index (χ1) is 7.61. The van der Waals surface area contributed by atoms with Crippen LogP contribution in [-0.2, 0) is 5.41 Å². The summed E-state index contributed by atoms with van der Waals surface area (Å²) in [5.41, 5.74) is 2.10. The van der Waals surface area contributed by atoms with Crippen LogP contribution in [0.5, 0.6) is 0 Å². The molecule has 0 radical (unpaired) electrons. The first kappa shape index (κ1) is 9.47. The van der Waals surface area contributed by atoms with Crippen LogP contribution >= 0.6 is 0 Å². The van der Waals surface area contributed by atoms with E-state index in [-0.39, 0.29) is 10.8 Å². The second-order valence-corrected chi connectivity index (χ2v) is 5.33. The summed E-state index contributed by atoms with van der Waals surface area (Å²) in [7, 11) is 0. The van der Waals surface area contributed by atoms with E-state index in [9.17, 15) is 5.26 Å². The maximum Gasteiger partial charge on any atom is 0.0900 e. The predicted octanol–water partition coefficient (Wildman–Crippen LogP) is 3.36. The van der Waals surface area contributed by atoms with Crippen molar-refractivity contribution in [2.75, 3.05) is 0 Å². The van der Waals surface area contributed by atoms with Crippen molar-refractivity contribution in [2.24, 2.45) is 5.41 Å². The first-order valence-corrected chi connectivity index (χ1v) is 5.59. The lowest BCUT2D eigenvalue weighted by Crippen LogP contribution is -2.10. The van der Waals surface area contributed by atoms with Gasteiger partial charge in [0, 0.05) is 17.1 Å². The van der Waals surface area contributed by atoms with Crippen molar-refractivity contribution in [1.82, 2.24) is 4.98 Å². The van der Waals surface area contributed by atoms with Gasteiger partial charge in [-0.1, -0.05) is 32.0 Å². The second-order valence-electron chi connectivity index (χ2n) is 5.33. The van der Waals surface area contributed by atoms with E-state index in [1.165, 1.54) is 5.39 Å². The third-order valence-electron chi connectivity index (χ3n) is 3.98. The fraction of sp³-hybridized carbons (Fsp3) is 0.357. The molecular weight excluding hydrogens is 196 g/mol. The van der Waals surface area contributed by atoms with Crippen LogP contribution in [0.15, 0.2) is 30.5 Å². The van der Waals surface area contributed by atoms with Gasteiger partial charge in [0.15, 0.2) is 0 Å². The van der Waals surface area contributed by atoms with Crippen molar-refractivity contribution in [3.8, 4) is 6.07 Å². The molecule has 2 aromatic rings. The molecule has 1 unspecified atom stereocenters. The molecule has 1 heterocycles. The van der Waals surface area contributed by atoms with Crippen LogP contribution in [-0.4, -0.2) is 4.98 Å². The minimum atomic E-state index is -0.285. The van der Waals surface area contributed by atoms with Crippen LogP contribution in [0.3, 0.4) is 0 Å². The Labute approximate surface area is 94.9 Å². The van der Waals surface area contributed by atoms with Gasteiger partial charge in [0.1, 0.15) is 0 Å². The zero-order valence-corrected chi connectivity index (χ0v) is 9.54. The number of nitrogens with zero attached hydrogens (tertiary/aromatic N) is 1. The van der Waals surface area contributed by atoms with E-state index in [0.29, 0.717) is 0 Å². The van der Waals surface area contributed by atoms with Gasteiger partial charge in [-0.3, -0.25) is 0 Å². The summed E-state index contributed by atoms with van der Waals surface area (Å²) in [5, 5.41) is 10.6. The van der Waals surface area contributed by atoms with Crippen molar-refractivity contribution in [3.63, 3.8) is 0 Å². The van der Waals surface area contributed by atoms with E-state index in [1.807, 2.05) is 18.3 Å². The van der Waals surface area contributed by atoms with Crippen molar-refractivity contribution in [1.29, 1.82) is 5.26 Å². The number of benzene rings is 1. The van der Waals surface area contributed by atoms with E-state index in [0.717, 1.165) is 17.5 Å². The molecule has 0 aliphatic heterocycles. The fourth-order valence-corrected chi connectivity index (χ4v) is 2.75. The molecule has 2 nitrogen and oxygen atoms in total. The molecule has 1 N–H and O–H groups in total. The van der Waals surface area contributed by atoms with E-state index in [2.05, 4.69) is 37.0 Å². The summed E-state index contributed by atoms with van der Waals surface area (Å²) in [5.74, 6) is 0. The topological polar surface area (TPSA) is 39.6 Å². The number of rotatable bonds is 1. The van der Waals surface area contributed by atoms with E-state index < -0.39 is 0 Å². The highest BCUT2D eigenvalue weighted by atomic mass is 14.7. The van der Waals surface area contributed by atoms with E-state index in [1.54, 1.807) is 0 Å². The van der Waals surface area contributed by atoms with Gasteiger partial charge in [-0.05, 0) is 23.5 Å². The summed E-state index contributed by atoms with van der Waals surface area (Å²) >= 11 is 0. The van der Waals surface area contributed by atoms with Crippen molar-refractivity contribution in [3.05, 3.63) is 36.0 Å². The number of fused-ring (bicyclic) bond motifs is 1. The van der Waals surface area contributed by atoms with Crippen molar-refractivity contribution >= 4 is 10.9 Å². The number of hydrogen-bond acceptors (Lipinski definition) is 1. The van der Waals surface area contributed by atoms with Crippen LogP contribution in [0, 0.1) is 16.7 Å². The molecule has 0 spiro atoms. The van der Waals surface area contributed by atoms with E-state index in [4.69, 9.17) is 0 Å². The highest BCUT2D eigenvalue weighted by molar-refractivity contribution is 5.85. The molecule has 0 bridgehead atoms. The first-order valence-electron chi connectivity index (χ1n) is 5.59. The molecule has 3 rings (SSSR count). The van der Waals surface area contributed by atoms with Gasteiger partial charge in [0.05, 0.1) is 11.5 Å². The highest BCUT2D eigenvalue weighted by Gasteiger charge is 2.63. The van der Waals surface area contributed by atoms with Gasteiger partial charge in [0.25, 0.3) is 0 Å². The number of aromatic amines is 1. The van der Waals surface area contributed by atoms with Gasteiger partial charge >= 0.3 is 0 Å². The lowest BCUT2D eigenvalue weighted by atomic mass is 9.89. The highest BCUT2D eigenvalue weighted by Crippen LogP contribution is 2.64. The maximum absolute atomic E-state index is 9.46. The Balaban J connectivity index is 2.26. The van der Waals surface area contributed by atoms with Crippen molar-refractivity contribution in [2.45, 2.75) is 25.7 Å². The molecule has 1 aromatic heterocycles. The second kappa shape index (κ2) is 2.68. The molecule has 1 aromatic carbocycles. The molecule has 1 fully saturated rings. The van der Waals surface area contributed by atoms with Gasteiger partial charge in [-0.15, -0.1) is 0 Å². The van der Waals surface area contributed by atoms with Crippen LogP contribution in [0.2, 0.25) is 0 Å². The van der Waals surface area contributed by atoms with Gasteiger partial charge < -0.3 is 4.98 Å². The standard InChI is InChI=1S/C14H14N2/c1-13(2)8-14(13,9-15)11-7-16-12-6-4-3-5-10(11)12/h3-7,16H,8H2,1-2H3. The third kappa shape index (κ3) is 0.957. The summed E-state index contributed by atoms with van der Waals surface area (Å²) in [6.45, 7) is 4.33. The summed E-state index contributed by atoms with van der Waals surface area (Å²) < 4.78 is 0. The average Bonchev–Trinajstić information content (AvgIpc) is 2.67. The minimum absolute atomic E-state index is 0.104. The van der Waals surface area contributed by atoms with Gasteiger partial charge in [-0.25, -0.2) is 0 Å². The molecule has 1 aliphatic carbocycles. The number of hydrogen-bond donors (Lipinski definition) is 1. The zero-order chi connectivity index (χ0) is 11.4. The fourth-order valence-electron chi connectivity index (χ4n) is 2.75. The Morgan fingerprint density at radius 2 is 2.00 bits per heavy atom. The molecule has 80 valence electrons. The van der Waals surface area contributed by atoms with E-state index >= 15 is 0 Å². The Bertz CT molecular complexity index is 600. The SMILES string of the molecule is CC1(C)CC1(C#N)c1c[nH]c2ccccc12. The van der Waals surface area contributed by atoms with Crippen LogP contribution < -0.4 is 0 Å². The van der Waals surface area contributed by atoms with Crippen LogP contribution in [0.4, 0.5) is 0 Å². The molecule has 16 heavy (non-hydrogen) atoms. The zero-order valence-electron chi connectivity index (χ0n) is 9.54. The summed E-state index contributed by atoms with van der Waals surface area (Å²) in [6.07, 6.45) is 2.96. The normalized spacial score (nSPS) is 26.6. The molecule has 0 amide bonds. The quantitative estimate of drug-likeness (QED) is 0.770. The third-order valence-corrected chi connectivity index (χ3v) is 3.98. The number of H-pyrrole nitrogens is 1. The lowest BCUT2D eigenvalue weighted by molar-refractivity contribution is 0.572. The number of nitrogens with one attached hydrogen (secondary N) is 1. The van der Waals surface area contributed by atoms with Crippen molar-refractivity contribution < 1.29 is 0 Å². The molecule has 1 saturated carbocycles. The summed E-state index contributed by atoms with van der Waals surface area (Å²) in [6, 6.07) is 10.7. The Kier molecular flexibility index (Phi) is 1.59. The molecule has 1 aliphatic rings. The number of aromatic nitrogens is 1. The number of nitriles is 1. The molecular formula is C14H14N2. The Hall–Kier alpha value is -1.75. The van der Waals surface area contributed by atoms with Gasteiger partial charge in [0.2, 0.25) is 0 Å². The van der Waals surface area contributed by atoms with Gasteiger partial charge in [-0.2, -0.15) is 5.26 Å². The smallest absolute Gasteiger partial charge is 0.0900 e. The molecule has 2 heteroatoms. The van der Waals surface area contributed by atoms with Crippen LogP contribution in [0.25, 0.3) is 10.9 Å². The largest absolute Gasteiger partial charge is 0.361 e. The molecule has 0 saturated heterocycles. The molecule has 1 atom stereocenters. The summed E-state index contributed by atoms with van der Waals surface area (Å²) in [4.78, 5) is 3.26. The maximum atomic E-state index is 9.46.